The fourth-order valence-electron chi connectivity index (χ4n) is 1.94. The minimum atomic E-state index is -0.163. The molecule has 122 valence electrons. The predicted octanol–water partition coefficient (Wildman–Crippen LogP) is 2.52. The highest BCUT2D eigenvalue weighted by atomic mass is 35.5. The first-order valence-electron chi connectivity index (χ1n) is 7.52. The number of rotatable bonds is 9. The average Bonchev–Trinajstić information content (AvgIpc) is 2.46. The van der Waals surface area contributed by atoms with Gasteiger partial charge in [-0.05, 0) is 37.7 Å². The summed E-state index contributed by atoms with van der Waals surface area (Å²) in [6, 6.07) is 6.90. The number of carbonyl (C=O) groups excluding carboxylic acids is 2. The van der Waals surface area contributed by atoms with E-state index in [2.05, 4.69) is 17.6 Å². The molecule has 0 aliphatic heterocycles. The summed E-state index contributed by atoms with van der Waals surface area (Å²) in [4.78, 5) is 25.2. The molecule has 0 spiro atoms. The van der Waals surface area contributed by atoms with E-state index in [-0.39, 0.29) is 24.9 Å². The van der Waals surface area contributed by atoms with Gasteiger partial charge in [-0.3, -0.25) is 14.5 Å². The molecule has 0 unspecified atom stereocenters. The van der Waals surface area contributed by atoms with Gasteiger partial charge < -0.3 is 10.6 Å². The minimum absolute atomic E-state index is 0.0575. The molecule has 22 heavy (non-hydrogen) atoms. The van der Waals surface area contributed by atoms with Crippen molar-refractivity contribution in [2.24, 2.45) is 0 Å². The van der Waals surface area contributed by atoms with Gasteiger partial charge in [0.1, 0.15) is 0 Å². The van der Waals surface area contributed by atoms with Gasteiger partial charge in [-0.2, -0.15) is 0 Å². The van der Waals surface area contributed by atoms with E-state index >= 15 is 0 Å². The van der Waals surface area contributed by atoms with Crippen LogP contribution in [-0.4, -0.2) is 43.4 Å². The highest BCUT2D eigenvalue weighted by Crippen LogP contribution is 2.13. The van der Waals surface area contributed by atoms with Crippen LogP contribution in [0.25, 0.3) is 0 Å². The van der Waals surface area contributed by atoms with Crippen molar-refractivity contribution < 1.29 is 9.59 Å². The monoisotopic (exact) mass is 325 g/mol. The first-order chi connectivity index (χ1) is 10.5. The Morgan fingerprint density at radius 3 is 2.36 bits per heavy atom. The van der Waals surface area contributed by atoms with E-state index in [9.17, 15) is 9.59 Å². The number of hydrogen-bond donors (Lipinski definition) is 2. The first kappa shape index (κ1) is 18.5. The Balaban J connectivity index is 2.25. The second-order valence-corrected chi connectivity index (χ2v) is 5.72. The largest absolute Gasteiger partial charge is 0.355 e. The molecule has 0 aliphatic carbocycles. The van der Waals surface area contributed by atoms with Gasteiger partial charge in [0.15, 0.2) is 0 Å². The van der Waals surface area contributed by atoms with Crippen molar-refractivity contribution in [3.63, 3.8) is 0 Å². The Labute approximate surface area is 137 Å². The van der Waals surface area contributed by atoms with Gasteiger partial charge in [0.2, 0.25) is 11.8 Å². The van der Waals surface area contributed by atoms with Crippen LogP contribution in [0, 0.1) is 0 Å². The van der Waals surface area contributed by atoms with Crippen LogP contribution in [0.5, 0.6) is 0 Å². The molecule has 0 aromatic heterocycles. The summed E-state index contributed by atoms with van der Waals surface area (Å²) < 4.78 is 0. The number of benzene rings is 1. The topological polar surface area (TPSA) is 61.4 Å². The maximum Gasteiger partial charge on any atom is 0.238 e. The molecule has 1 aromatic rings. The zero-order valence-corrected chi connectivity index (χ0v) is 13.9. The molecule has 0 saturated heterocycles. The summed E-state index contributed by atoms with van der Waals surface area (Å²) in [5.74, 6) is -0.221. The van der Waals surface area contributed by atoms with Crippen molar-refractivity contribution >= 4 is 29.1 Å². The zero-order chi connectivity index (χ0) is 16.4. The highest BCUT2D eigenvalue weighted by molar-refractivity contribution is 6.30. The number of halogens is 1. The van der Waals surface area contributed by atoms with E-state index < -0.39 is 0 Å². The number of anilines is 1. The Kier molecular flexibility index (Phi) is 8.55. The number of carbonyl (C=O) groups is 2. The standard InChI is InChI=1S/C16H24ClN3O2/c1-3-4-5-10-18-15(21)11-20(2)12-16(22)19-14-8-6-13(17)7-9-14/h6-9H,3-5,10-12H2,1-2H3,(H,18,21)(H,19,22). The molecule has 0 fully saturated rings. The third-order valence-electron chi connectivity index (χ3n) is 3.06. The van der Waals surface area contributed by atoms with Crippen LogP contribution < -0.4 is 10.6 Å². The van der Waals surface area contributed by atoms with Crippen molar-refractivity contribution in [3.8, 4) is 0 Å². The lowest BCUT2D eigenvalue weighted by molar-refractivity contribution is -0.122. The lowest BCUT2D eigenvalue weighted by Gasteiger charge is -2.16. The van der Waals surface area contributed by atoms with Crippen LogP contribution in [0.15, 0.2) is 24.3 Å². The fraction of sp³-hybridized carbons (Fsp3) is 0.500. The minimum Gasteiger partial charge on any atom is -0.355 e. The van der Waals surface area contributed by atoms with Crippen molar-refractivity contribution in [2.45, 2.75) is 26.2 Å². The zero-order valence-electron chi connectivity index (χ0n) is 13.2. The Hall–Kier alpha value is -1.59. The second-order valence-electron chi connectivity index (χ2n) is 5.28. The molecular formula is C16H24ClN3O2. The Bertz CT molecular complexity index is 477. The molecule has 0 saturated carbocycles. The molecule has 6 heteroatoms. The van der Waals surface area contributed by atoms with Gasteiger partial charge in [0.05, 0.1) is 13.1 Å². The van der Waals surface area contributed by atoms with Crippen molar-refractivity contribution in [2.75, 3.05) is 32.0 Å². The molecule has 0 atom stereocenters. The molecule has 0 heterocycles. The lowest BCUT2D eigenvalue weighted by Crippen LogP contribution is -2.39. The molecule has 1 rings (SSSR count). The maximum absolute atomic E-state index is 11.9. The quantitative estimate of drug-likeness (QED) is 0.686. The van der Waals surface area contributed by atoms with E-state index in [1.807, 2.05) is 0 Å². The number of amides is 2. The summed E-state index contributed by atoms with van der Waals surface area (Å²) in [5.41, 5.74) is 0.687. The van der Waals surface area contributed by atoms with Crippen LogP contribution in [0.2, 0.25) is 5.02 Å². The number of unbranched alkanes of at least 4 members (excludes halogenated alkanes) is 2. The van der Waals surface area contributed by atoms with Gasteiger partial charge in [-0.1, -0.05) is 31.4 Å². The van der Waals surface area contributed by atoms with Gasteiger partial charge in [0, 0.05) is 17.3 Å². The smallest absolute Gasteiger partial charge is 0.238 e. The van der Waals surface area contributed by atoms with Gasteiger partial charge in [0.25, 0.3) is 0 Å². The molecule has 1 aromatic carbocycles. The number of nitrogens with zero attached hydrogens (tertiary/aromatic N) is 1. The third kappa shape index (κ3) is 8.00. The summed E-state index contributed by atoms with van der Waals surface area (Å²) in [7, 11) is 1.74. The number of hydrogen-bond acceptors (Lipinski definition) is 3. The lowest BCUT2D eigenvalue weighted by atomic mass is 10.2. The van der Waals surface area contributed by atoms with E-state index in [0.29, 0.717) is 17.3 Å². The molecule has 0 aliphatic rings. The van der Waals surface area contributed by atoms with E-state index in [4.69, 9.17) is 11.6 Å². The van der Waals surface area contributed by atoms with Crippen molar-refractivity contribution in [1.82, 2.24) is 10.2 Å². The predicted molar refractivity (Wildman–Crippen MR) is 90.1 cm³/mol. The van der Waals surface area contributed by atoms with E-state index in [1.165, 1.54) is 0 Å². The first-order valence-corrected chi connectivity index (χ1v) is 7.89. The average molecular weight is 326 g/mol. The van der Waals surface area contributed by atoms with E-state index in [1.54, 1.807) is 36.2 Å². The van der Waals surface area contributed by atoms with Crippen molar-refractivity contribution in [1.29, 1.82) is 0 Å². The molecule has 0 bridgehead atoms. The van der Waals surface area contributed by atoms with Crippen LogP contribution in [0.4, 0.5) is 5.69 Å². The third-order valence-corrected chi connectivity index (χ3v) is 3.31. The van der Waals surface area contributed by atoms with Gasteiger partial charge >= 0.3 is 0 Å². The van der Waals surface area contributed by atoms with Crippen LogP contribution >= 0.6 is 11.6 Å². The molecule has 2 amide bonds. The summed E-state index contributed by atoms with van der Waals surface area (Å²) in [6.45, 7) is 3.18. The van der Waals surface area contributed by atoms with Gasteiger partial charge in [-0.25, -0.2) is 0 Å². The Morgan fingerprint density at radius 1 is 1.09 bits per heavy atom. The fourth-order valence-corrected chi connectivity index (χ4v) is 2.06. The van der Waals surface area contributed by atoms with Crippen molar-refractivity contribution in [3.05, 3.63) is 29.3 Å². The highest BCUT2D eigenvalue weighted by Gasteiger charge is 2.10. The summed E-state index contributed by atoms with van der Waals surface area (Å²) in [6.07, 6.45) is 3.23. The maximum atomic E-state index is 11.9. The van der Waals surface area contributed by atoms with Crippen LogP contribution in [0.1, 0.15) is 26.2 Å². The van der Waals surface area contributed by atoms with E-state index in [0.717, 1.165) is 19.3 Å². The number of nitrogens with one attached hydrogen (secondary N) is 2. The SMILES string of the molecule is CCCCCNC(=O)CN(C)CC(=O)Nc1ccc(Cl)cc1. The normalized spacial score (nSPS) is 10.5. The second kappa shape index (κ2) is 10.2. The Morgan fingerprint density at radius 2 is 1.73 bits per heavy atom. The molecule has 0 radical (unpaired) electrons. The molecular weight excluding hydrogens is 302 g/mol. The van der Waals surface area contributed by atoms with Crippen LogP contribution in [0.3, 0.4) is 0 Å². The summed E-state index contributed by atoms with van der Waals surface area (Å²) in [5, 5.41) is 6.23. The summed E-state index contributed by atoms with van der Waals surface area (Å²) >= 11 is 5.79. The van der Waals surface area contributed by atoms with Crippen LogP contribution in [-0.2, 0) is 9.59 Å². The number of likely N-dealkylation sites (N-methyl/N-ethyl adjacent to an activating group) is 1. The van der Waals surface area contributed by atoms with Gasteiger partial charge in [-0.15, -0.1) is 0 Å². The molecule has 2 N–H and O–H groups in total. The molecule has 5 nitrogen and oxygen atoms in total.